The highest BCUT2D eigenvalue weighted by atomic mass is 35.5. The molecule has 2 aromatic carbocycles. The highest BCUT2D eigenvalue weighted by molar-refractivity contribution is 6.42. The zero-order valence-electron chi connectivity index (χ0n) is 15.7. The van der Waals surface area contributed by atoms with E-state index in [0.29, 0.717) is 38.3 Å². The molecule has 0 unspecified atom stereocenters. The van der Waals surface area contributed by atoms with Crippen LogP contribution in [0.15, 0.2) is 57.6 Å². The lowest BCUT2D eigenvalue weighted by molar-refractivity contribution is -0.384. The summed E-state index contributed by atoms with van der Waals surface area (Å²) in [4.78, 5) is 26.9. The molecule has 1 aliphatic heterocycles. The highest BCUT2D eigenvalue weighted by Gasteiger charge is 2.25. The van der Waals surface area contributed by atoms with Gasteiger partial charge in [-0.1, -0.05) is 34.8 Å². The summed E-state index contributed by atoms with van der Waals surface area (Å²) in [5.74, 6) is 0.226. The zero-order valence-corrected chi connectivity index (χ0v) is 18.0. The molecule has 31 heavy (non-hydrogen) atoms. The smallest absolute Gasteiger partial charge is 0.363 e. The first-order chi connectivity index (χ1) is 14.7. The first kappa shape index (κ1) is 21.1. The molecular formula is C21H11Cl3N2O5. The number of aliphatic imine (C=N–C) groups is 1. The predicted octanol–water partition coefficient (Wildman–Crippen LogP) is 6.47. The number of hydrogen-bond acceptors (Lipinski definition) is 6. The van der Waals surface area contributed by atoms with Gasteiger partial charge in [-0.2, -0.15) is 0 Å². The van der Waals surface area contributed by atoms with E-state index in [1.54, 1.807) is 37.3 Å². The SMILES string of the molecule is Cc1cc([N+](=O)[O-])c(Cl)cc1-c1ccc(/C=C2\N=C(c3ccc(Cl)c(Cl)c3)OC2=O)o1. The van der Waals surface area contributed by atoms with Crippen LogP contribution in [0.4, 0.5) is 5.69 Å². The van der Waals surface area contributed by atoms with Gasteiger partial charge >= 0.3 is 5.97 Å². The molecule has 1 aromatic heterocycles. The van der Waals surface area contributed by atoms with Crippen LogP contribution in [-0.4, -0.2) is 16.8 Å². The third-order valence-corrected chi connectivity index (χ3v) is 5.49. The van der Waals surface area contributed by atoms with Gasteiger partial charge in [0.2, 0.25) is 5.90 Å². The Bertz CT molecular complexity index is 1310. The number of cyclic esters (lactones) is 1. The van der Waals surface area contributed by atoms with Crippen molar-refractivity contribution in [1.29, 1.82) is 0 Å². The molecular weight excluding hydrogens is 467 g/mol. The standard InChI is InChI=1S/C21H11Cl3N2O5/c1-10-6-18(26(28)29)16(24)9-13(10)19-5-3-12(30-19)8-17-21(27)31-20(25-17)11-2-4-14(22)15(23)7-11/h2-9H,1H3/b17-8-. The maximum absolute atomic E-state index is 12.2. The van der Waals surface area contributed by atoms with Crippen molar-refractivity contribution in [2.24, 2.45) is 4.99 Å². The third kappa shape index (κ3) is 4.20. The summed E-state index contributed by atoms with van der Waals surface area (Å²) in [7, 11) is 0. The molecule has 0 radical (unpaired) electrons. The van der Waals surface area contributed by atoms with Crippen LogP contribution >= 0.6 is 34.8 Å². The summed E-state index contributed by atoms with van der Waals surface area (Å²) >= 11 is 17.9. The molecule has 1 aliphatic rings. The van der Waals surface area contributed by atoms with Crippen LogP contribution in [0.5, 0.6) is 0 Å². The quantitative estimate of drug-likeness (QED) is 0.186. The van der Waals surface area contributed by atoms with Crippen molar-refractivity contribution in [3.63, 3.8) is 0 Å². The summed E-state index contributed by atoms with van der Waals surface area (Å²) in [5, 5.41) is 11.7. The van der Waals surface area contributed by atoms with Crippen molar-refractivity contribution >= 4 is 58.4 Å². The Kier molecular flexibility index (Phi) is 5.58. The number of esters is 1. The summed E-state index contributed by atoms with van der Waals surface area (Å²) in [5.41, 5.74) is 1.57. The number of benzene rings is 2. The molecule has 4 rings (SSSR count). The Balaban J connectivity index is 1.64. The minimum atomic E-state index is -0.645. The molecule has 7 nitrogen and oxygen atoms in total. The number of ether oxygens (including phenoxy) is 1. The number of hydrogen-bond donors (Lipinski definition) is 0. The van der Waals surface area contributed by atoms with Crippen LogP contribution < -0.4 is 0 Å². The van der Waals surface area contributed by atoms with Gasteiger partial charge in [-0.05, 0) is 48.9 Å². The van der Waals surface area contributed by atoms with Crippen LogP contribution in [0.1, 0.15) is 16.9 Å². The number of furan rings is 1. The van der Waals surface area contributed by atoms with Crippen LogP contribution in [0.2, 0.25) is 15.1 Å². The van der Waals surface area contributed by atoms with E-state index < -0.39 is 10.9 Å². The van der Waals surface area contributed by atoms with Crippen molar-refractivity contribution in [2.75, 3.05) is 0 Å². The first-order valence-electron chi connectivity index (χ1n) is 8.75. The fraction of sp³-hybridized carbons (Fsp3) is 0.0476. The van der Waals surface area contributed by atoms with E-state index in [4.69, 9.17) is 44.0 Å². The largest absolute Gasteiger partial charge is 0.457 e. The molecule has 0 saturated heterocycles. The van der Waals surface area contributed by atoms with E-state index in [2.05, 4.69) is 4.99 Å². The Morgan fingerprint density at radius 1 is 1.03 bits per heavy atom. The molecule has 0 amide bonds. The lowest BCUT2D eigenvalue weighted by Crippen LogP contribution is -2.05. The van der Waals surface area contributed by atoms with Gasteiger partial charge in [0.15, 0.2) is 5.70 Å². The summed E-state index contributed by atoms with van der Waals surface area (Å²) in [6.07, 6.45) is 1.43. The highest BCUT2D eigenvalue weighted by Crippen LogP contribution is 2.34. The third-order valence-electron chi connectivity index (χ3n) is 4.45. The van der Waals surface area contributed by atoms with Crippen molar-refractivity contribution in [2.45, 2.75) is 6.92 Å². The fourth-order valence-corrected chi connectivity index (χ4v) is 3.47. The first-order valence-corrected chi connectivity index (χ1v) is 9.89. The van der Waals surface area contributed by atoms with Gasteiger partial charge < -0.3 is 9.15 Å². The number of carbonyl (C=O) groups excluding carboxylic acids is 1. The monoisotopic (exact) mass is 476 g/mol. The molecule has 3 aromatic rings. The molecule has 0 N–H and O–H groups in total. The molecule has 0 fully saturated rings. The van der Waals surface area contributed by atoms with Crippen LogP contribution in [-0.2, 0) is 9.53 Å². The Labute approximate surface area is 190 Å². The fourth-order valence-electron chi connectivity index (χ4n) is 2.94. The lowest BCUT2D eigenvalue weighted by atomic mass is 10.1. The average molecular weight is 478 g/mol. The van der Waals surface area contributed by atoms with Crippen LogP contribution in [0.3, 0.4) is 0 Å². The Morgan fingerprint density at radius 2 is 1.81 bits per heavy atom. The molecule has 0 aliphatic carbocycles. The molecule has 0 bridgehead atoms. The number of rotatable bonds is 4. The van der Waals surface area contributed by atoms with Gasteiger partial charge in [-0.15, -0.1) is 0 Å². The summed E-state index contributed by atoms with van der Waals surface area (Å²) in [6.45, 7) is 1.71. The Morgan fingerprint density at radius 3 is 2.52 bits per heavy atom. The second-order valence-electron chi connectivity index (χ2n) is 6.54. The predicted molar refractivity (Wildman–Crippen MR) is 118 cm³/mol. The van der Waals surface area contributed by atoms with Gasteiger partial charge in [0.1, 0.15) is 16.5 Å². The molecule has 0 saturated carbocycles. The molecule has 0 spiro atoms. The van der Waals surface area contributed by atoms with E-state index in [9.17, 15) is 14.9 Å². The number of nitro benzene ring substituents is 1. The van der Waals surface area contributed by atoms with E-state index in [1.807, 2.05) is 0 Å². The van der Waals surface area contributed by atoms with E-state index >= 15 is 0 Å². The van der Waals surface area contributed by atoms with E-state index in [1.165, 1.54) is 18.2 Å². The normalized spacial score (nSPS) is 14.6. The average Bonchev–Trinajstić information content (AvgIpc) is 3.32. The second kappa shape index (κ2) is 8.19. The number of carbonyl (C=O) groups is 1. The van der Waals surface area contributed by atoms with E-state index in [0.717, 1.165) is 0 Å². The van der Waals surface area contributed by atoms with Crippen molar-refractivity contribution in [1.82, 2.24) is 0 Å². The van der Waals surface area contributed by atoms with Crippen molar-refractivity contribution in [3.05, 3.63) is 90.2 Å². The van der Waals surface area contributed by atoms with Crippen LogP contribution in [0, 0.1) is 17.0 Å². The number of nitro groups is 1. The summed E-state index contributed by atoms with van der Waals surface area (Å²) < 4.78 is 11.0. The number of aryl methyl sites for hydroxylation is 1. The van der Waals surface area contributed by atoms with Gasteiger partial charge in [-0.25, -0.2) is 9.79 Å². The number of halogens is 3. The maximum atomic E-state index is 12.2. The van der Waals surface area contributed by atoms with Crippen LogP contribution in [0.25, 0.3) is 17.4 Å². The summed E-state index contributed by atoms with van der Waals surface area (Å²) in [6, 6.07) is 10.9. The van der Waals surface area contributed by atoms with Gasteiger partial charge in [-0.3, -0.25) is 10.1 Å². The van der Waals surface area contributed by atoms with Gasteiger partial charge in [0.05, 0.1) is 15.0 Å². The topological polar surface area (TPSA) is 94.9 Å². The van der Waals surface area contributed by atoms with Gasteiger partial charge in [0.25, 0.3) is 5.69 Å². The maximum Gasteiger partial charge on any atom is 0.363 e. The zero-order chi connectivity index (χ0) is 22.3. The minimum Gasteiger partial charge on any atom is -0.457 e. The molecule has 2 heterocycles. The minimum absolute atomic E-state index is 0.00265. The van der Waals surface area contributed by atoms with Crippen molar-refractivity contribution in [3.8, 4) is 11.3 Å². The van der Waals surface area contributed by atoms with Gasteiger partial charge in [0, 0.05) is 23.3 Å². The van der Waals surface area contributed by atoms with E-state index in [-0.39, 0.29) is 22.3 Å². The number of nitrogens with zero attached hydrogens (tertiary/aromatic N) is 2. The molecule has 0 atom stereocenters. The Hall–Kier alpha value is -3.13. The van der Waals surface area contributed by atoms with Crippen molar-refractivity contribution < 1.29 is 18.9 Å². The lowest BCUT2D eigenvalue weighted by Gasteiger charge is -2.04. The second-order valence-corrected chi connectivity index (χ2v) is 7.76. The molecule has 10 heteroatoms. The molecule has 156 valence electrons.